The maximum absolute atomic E-state index is 12.4. The summed E-state index contributed by atoms with van der Waals surface area (Å²) in [7, 11) is 3.28. The Morgan fingerprint density at radius 3 is 2.52 bits per heavy atom. The Balaban J connectivity index is 1.71. The minimum Gasteiger partial charge on any atom is -0.493 e. The van der Waals surface area contributed by atoms with Crippen molar-refractivity contribution in [2.24, 2.45) is 0 Å². The predicted molar refractivity (Wildman–Crippen MR) is 109 cm³/mol. The zero-order chi connectivity index (χ0) is 19.4. The van der Waals surface area contributed by atoms with Crippen LogP contribution in [-0.2, 0) is 13.0 Å². The maximum Gasteiger partial charge on any atom is 0.252 e. The van der Waals surface area contributed by atoms with Gasteiger partial charge in [0.05, 0.1) is 19.7 Å². The summed E-state index contributed by atoms with van der Waals surface area (Å²) in [6.07, 6.45) is 0.782. The highest BCUT2D eigenvalue weighted by atomic mass is 16.5. The Bertz CT molecular complexity index is 1010. The van der Waals surface area contributed by atoms with E-state index >= 15 is 0 Å². The van der Waals surface area contributed by atoms with Crippen LogP contribution in [0.2, 0.25) is 0 Å². The van der Waals surface area contributed by atoms with E-state index in [0.29, 0.717) is 6.54 Å². The van der Waals surface area contributed by atoms with Crippen LogP contribution in [0.25, 0.3) is 10.9 Å². The number of rotatable bonds is 7. The van der Waals surface area contributed by atoms with Gasteiger partial charge in [0.15, 0.2) is 11.5 Å². The number of ether oxygens (including phenoxy) is 2. The monoisotopic (exact) mass is 366 g/mol. The summed E-state index contributed by atoms with van der Waals surface area (Å²) in [6, 6.07) is 12.0. The smallest absolute Gasteiger partial charge is 0.252 e. The lowest BCUT2D eigenvalue weighted by atomic mass is 10.0. The number of hydrogen-bond acceptors (Lipinski definition) is 4. The Hall–Kier alpha value is -2.79. The Morgan fingerprint density at radius 1 is 1.00 bits per heavy atom. The van der Waals surface area contributed by atoms with Crippen LogP contribution in [-0.4, -0.2) is 25.7 Å². The van der Waals surface area contributed by atoms with Crippen molar-refractivity contribution in [3.63, 3.8) is 0 Å². The molecule has 0 fully saturated rings. The van der Waals surface area contributed by atoms with Crippen molar-refractivity contribution in [3.05, 3.63) is 69.0 Å². The molecule has 0 unspecified atom stereocenters. The molecular weight excluding hydrogens is 340 g/mol. The van der Waals surface area contributed by atoms with Crippen molar-refractivity contribution in [2.45, 2.75) is 26.8 Å². The lowest BCUT2D eigenvalue weighted by molar-refractivity contribution is 0.351. The summed E-state index contributed by atoms with van der Waals surface area (Å²) in [5, 5.41) is 4.46. The van der Waals surface area contributed by atoms with E-state index in [1.54, 1.807) is 14.2 Å². The first kappa shape index (κ1) is 19.0. The fourth-order valence-corrected chi connectivity index (χ4v) is 3.35. The summed E-state index contributed by atoms with van der Waals surface area (Å²) in [5.41, 5.74) is 4.94. The van der Waals surface area contributed by atoms with E-state index in [2.05, 4.69) is 23.3 Å². The standard InChI is InChI=1S/C22H26N2O3/c1-14-8-9-15(2)20-18(14)12-17(22(25)24-20)13-23-11-10-16-6-5-7-19(26-3)21(16)27-4/h5-9,12,23H,10-11,13H2,1-4H3,(H,24,25). The number of aryl methyl sites for hydroxylation is 2. The number of aromatic amines is 1. The summed E-state index contributed by atoms with van der Waals surface area (Å²) >= 11 is 0. The largest absolute Gasteiger partial charge is 0.493 e. The minimum atomic E-state index is -0.0392. The molecule has 0 bridgehead atoms. The van der Waals surface area contributed by atoms with Gasteiger partial charge in [0.2, 0.25) is 0 Å². The highest BCUT2D eigenvalue weighted by Crippen LogP contribution is 2.30. The van der Waals surface area contributed by atoms with Gasteiger partial charge in [-0.3, -0.25) is 4.79 Å². The molecule has 0 saturated heterocycles. The molecule has 2 N–H and O–H groups in total. The van der Waals surface area contributed by atoms with Crippen molar-refractivity contribution >= 4 is 10.9 Å². The van der Waals surface area contributed by atoms with Crippen molar-refractivity contribution < 1.29 is 9.47 Å². The molecule has 0 amide bonds. The number of hydrogen-bond donors (Lipinski definition) is 2. The third-order valence-electron chi connectivity index (χ3n) is 4.89. The van der Waals surface area contributed by atoms with Crippen LogP contribution in [0.15, 0.2) is 41.2 Å². The first-order valence-corrected chi connectivity index (χ1v) is 9.08. The van der Waals surface area contributed by atoms with Crippen LogP contribution in [0, 0.1) is 13.8 Å². The first-order chi connectivity index (χ1) is 13.0. The number of fused-ring (bicyclic) bond motifs is 1. The molecule has 0 atom stereocenters. The quantitative estimate of drug-likeness (QED) is 0.628. The van der Waals surface area contributed by atoms with E-state index in [0.717, 1.165) is 57.6 Å². The van der Waals surface area contributed by atoms with Gasteiger partial charge in [-0.15, -0.1) is 0 Å². The fourth-order valence-electron chi connectivity index (χ4n) is 3.35. The normalized spacial score (nSPS) is 11.0. The van der Waals surface area contributed by atoms with Gasteiger partial charge in [-0.25, -0.2) is 0 Å². The number of para-hydroxylation sites is 1. The number of pyridine rings is 1. The lowest BCUT2D eigenvalue weighted by Gasteiger charge is -2.13. The van der Waals surface area contributed by atoms with Gasteiger partial charge in [0, 0.05) is 17.5 Å². The molecule has 0 radical (unpaired) electrons. The van der Waals surface area contributed by atoms with Gasteiger partial charge in [0.25, 0.3) is 5.56 Å². The van der Waals surface area contributed by atoms with Crippen LogP contribution in [0.5, 0.6) is 11.5 Å². The second-order valence-corrected chi connectivity index (χ2v) is 6.69. The highest BCUT2D eigenvalue weighted by Gasteiger charge is 2.10. The maximum atomic E-state index is 12.4. The minimum absolute atomic E-state index is 0.0392. The predicted octanol–water partition coefficient (Wildman–Crippen LogP) is 3.49. The number of benzene rings is 2. The molecule has 0 aliphatic carbocycles. The third-order valence-corrected chi connectivity index (χ3v) is 4.89. The van der Waals surface area contributed by atoms with E-state index in [-0.39, 0.29) is 5.56 Å². The number of aromatic nitrogens is 1. The summed E-state index contributed by atoms with van der Waals surface area (Å²) < 4.78 is 10.8. The Kier molecular flexibility index (Phi) is 5.81. The van der Waals surface area contributed by atoms with Crippen molar-refractivity contribution in [1.29, 1.82) is 0 Å². The van der Waals surface area contributed by atoms with Crippen molar-refractivity contribution in [3.8, 4) is 11.5 Å². The van der Waals surface area contributed by atoms with Crippen LogP contribution in [0.4, 0.5) is 0 Å². The summed E-state index contributed by atoms with van der Waals surface area (Å²) in [6.45, 7) is 5.32. The van der Waals surface area contributed by atoms with Crippen molar-refractivity contribution in [1.82, 2.24) is 10.3 Å². The lowest BCUT2D eigenvalue weighted by Crippen LogP contribution is -2.23. The Labute approximate surface area is 159 Å². The molecule has 0 aliphatic heterocycles. The third kappa shape index (κ3) is 3.98. The van der Waals surface area contributed by atoms with E-state index in [4.69, 9.17) is 9.47 Å². The second-order valence-electron chi connectivity index (χ2n) is 6.69. The molecule has 2 aromatic carbocycles. The summed E-state index contributed by atoms with van der Waals surface area (Å²) in [5.74, 6) is 1.49. The van der Waals surface area contributed by atoms with E-state index < -0.39 is 0 Å². The Morgan fingerprint density at radius 2 is 1.78 bits per heavy atom. The van der Waals surface area contributed by atoms with Gasteiger partial charge in [0.1, 0.15) is 0 Å². The average molecular weight is 366 g/mol. The molecule has 5 heteroatoms. The zero-order valence-corrected chi connectivity index (χ0v) is 16.3. The van der Waals surface area contributed by atoms with E-state index in [1.165, 1.54) is 0 Å². The van der Waals surface area contributed by atoms with Crippen LogP contribution >= 0.6 is 0 Å². The molecule has 1 aromatic heterocycles. The first-order valence-electron chi connectivity index (χ1n) is 9.08. The molecule has 1 heterocycles. The molecule has 3 aromatic rings. The molecule has 27 heavy (non-hydrogen) atoms. The molecule has 3 rings (SSSR count). The number of H-pyrrole nitrogens is 1. The molecule has 0 saturated carbocycles. The van der Waals surface area contributed by atoms with E-state index in [1.807, 2.05) is 37.3 Å². The van der Waals surface area contributed by atoms with Crippen LogP contribution < -0.4 is 20.3 Å². The topological polar surface area (TPSA) is 63.3 Å². The van der Waals surface area contributed by atoms with Gasteiger partial charge >= 0.3 is 0 Å². The van der Waals surface area contributed by atoms with Gasteiger partial charge < -0.3 is 19.8 Å². The fraction of sp³-hybridized carbons (Fsp3) is 0.318. The molecule has 0 aliphatic rings. The SMILES string of the molecule is COc1cccc(CCNCc2cc3c(C)ccc(C)c3[nH]c2=O)c1OC. The van der Waals surface area contributed by atoms with Crippen LogP contribution in [0.3, 0.4) is 0 Å². The molecule has 142 valence electrons. The molecular formula is C22H26N2O3. The molecule has 0 spiro atoms. The summed E-state index contributed by atoms with van der Waals surface area (Å²) in [4.78, 5) is 15.4. The second kappa shape index (κ2) is 8.27. The highest BCUT2D eigenvalue weighted by molar-refractivity contribution is 5.85. The zero-order valence-electron chi connectivity index (χ0n) is 16.3. The molecule has 5 nitrogen and oxygen atoms in total. The van der Waals surface area contributed by atoms with Gasteiger partial charge in [-0.05, 0) is 55.6 Å². The number of methoxy groups -OCH3 is 2. The average Bonchev–Trinajstić information content (AvgIpc) is 2.68. The van der Waals surface area contributed by atoms with Crippen molar-refractivity contribution in [2.75, 3.05) is 20.8 Å². The van der Waals surface area contributed by atoms with Gasteiger partial charge in [-0.2, -0.15) is 0 Å². The van der Waals surface area contributed by atoms with Crippen LogP contribution in [0.1, 0.15) is 22.3 Å². The van der Waals surface area contributed by atoms with Gasteiger partial charge in [-0.1, -0.05) is 24.3 Å². The number of nitrogens with one attached hydrogen (secondary N) is 2. The van der Waals surface area contributed by atoms with E-state index in [9.17, 15) is 4.79 Å².